The van der Waals surface area contributed by atoms with Gasteiger partial charge in [-0.25, -0.2) is 0 Å². The molecule has 16 heavy (non-hydrogen) atoms. The fourth-order valence-electron chi connectivity index (χ4n) is 0.993. The zero-order chi connectivity index (χ0) is 12.3. The molecule has 0 atom stereocenters. The van der Waals surface area contributed by atoms with Crippen LogP contribution in [0, 0.1) is 5.92 Å². The normalized spacial score (nSPS) is 11.9. The molecule has 90 valence electrons. The van der Waals surface area contributed by atoms with Crippen molar-refractivity contribution < 1.29 is 9.32 Å². The van der Waals surface area contributed by atoms with Crippen LogP contribution in [0.25, 0.3) is 0 Å². The summed E-state index contributed by atoms with van der Waals surface area (Å²) in [5.74, 6) is 0.665. The molecule has 1 heterocycles. The number of hydrogen-bond donors (Lipinski definition) is 1. The molecule has 1 amide bonds. The Bertz CT molecular complexity index is 364. The lowest BCUT2D eigenvalue weighted by Crippen LogP contribution is -2.27. The second-order valence-electron chi connectivity index (χ2n) is 5.28. The number of nitrogens with zero attached hydrogens (tertiary/aromatic N) is 2. The van der Waals surface area contributed by atoms with Crippen molar-refractivity contribution in [3.8, 4) is 0 Å². The van der Waals surface area contributed by atoms with Gasteiger partial charge in [0.05, 0.1) is 0 Å². The summed E-state index contributed by atoms with van der Waals surface area (Å²) < 4.78 is 4.91. The van der Waals surface area contributed by atoms with Crippen LogP contribution in [-0.4, -0.2) is 22.6 Å². The lowest BCUT2D eigenvalue weighted by Gasteiger charge is -2.10. The van der Waals surface area contributed by atoms with Crippen LogP contribution in [0.5, 0.6) is 0 Å². The highest BCUT2D eigenvalue weighted by Crippen LogP contribution is 2.18. The van der Waals surface area contributed by atoms with E-state index in [0.717, 1.165) is 0 Å². The number of carbonyl (C=O) groups is 1. The molecule has 1 aromatic rings. The van der Waals surface area contributed by atoms with Crippen LogP contribution >= 0.6 is 0 Å². The van der Waals surface area contributed by atoms with Crippen molar-refractivity contribution in [3.63, 3.8) is 0 Å². The van der Waals surface area contributed by atoms with Gasteiger partial charge in [0.2, 0.25) is 0 Å². The lowest BCUT2D eigenvalue weighted by molar-refractivity contribution is 0.0905. The molecular formula is C11H19N3O2. The molecule has 0 aliphatic rings. The van der Waals surface area contributed by atoms with E-state index in [-0.39, 0.29) is 17.2 Å². The van der Waals surface area contributed by atoms with Crippen molar-refractivity contribution in [1.29, 1.82) is 0 Å². The van der Waals surface area contributed by atoms with Crippen molar-refractivity contribution in [3.05, 3.63) is 11.7 Å². The second kappa shape index (κ2) is 4.63. The van der Waals surface area contributed by atoms with Crippen LogP contribution in [0.1, 0.15) is 51.1 Å². The van der Waals surface area contributed by atoms with E-state index in [1.165, 1.54) is 0 Å². The van der Waals surface area contributed by atoms with Gasteiger partial charge in [-0.3, -0.25) is 4.79 Å². The van der Waals surface area contributed by atoms with E-state index in [0.29, 0.717) is 18.3 Å². The van der Waals surface area contributed by atoms with E-state index >= 15 is 0 Å². The van der Waals surface area contributed by atoms with E-state index in [2.05, 4.69) is 15.5 Å². The first-order valence-corrected chi connectivity index (χ1v) is 5.43. The third-order valence-corrected chi connectivity index (χ3v) is 1.96. The van der Waals surface area contributed by atoms with Crippen LogP contribution in [0.3, 0.4) is 0 Å². The molecule has 5 heteroatoms. The monoisotopic (exact) mass is 225 g/mol. The maximum atomic E-state index is 11.6. The second-order valence-corrected chi connectivity index (χ2v) is 5.28. The van der Waals surface area contributed by atoms with Crippen LogP contribution in [0.4, 0.5) is 0 Å². The van der Waals surface area contributed by atoms with Crippen LogP contribution in [0.2, 0.25) is 0 Å². The summed E-state index contributed by atoms with van der Waals surface area (Å²) in [6.45, 7) is 10.5. The predicted octanol–water partition coefficient (Wildman–Crippen LogP) is 1.75. The van der Waals surface area contributed by atoms with Crippen molar-refractivity contribution in [2.75, 3.05) is 6.54 Å². The van der Waals surface area contributed by atoms with Crippen molar-refractivity contribution in [2.24, 2.45) is 5.92 Å². The highest BCUT2D eigenvalue weighted by atomic mass is 16.5. The summed E-state index contributed by atoms with van der Waals surface area (Å²) in [4.78, 5) is 15.7. The average Bonchev–Trinajstić information content (AvgIpc) is 2.61. The Labute approximate surface area is 95.6 Å². The van der Waals surface area contributed by atoms with Crippen LogP contribution in [0.15, 0.2) is 4.52 Å². The molecule has 0 bridgehead atoms. The van der Waals surface area contributed by atoms with Gasteiger partial charge in [-0.15, -0.1) is 0 Å². The molecule has 0 saturated carbocycles. The minimum Gasteiger partial charge on any atom is -0.348 e. The zero-order valence-electron chi connectivity index (χ0n) is 10.5. The number of nitrogens with one attached hydrogen (secondary N) is 1. The highest BCUT2D eigenvalue weighted by Gasteiger charge is 2.23. The third-order valence-electron chi connectivity index (χ3n) is 1.96. The van der Waals surface area contributed by atoms with Gasteiger partial charge < -0.3 is 9.84 Å². The molecule has 0 radical (unpaired) electrons. The summed E-state index contributed by atoms with van der Waals surface area (Å²) in [6, 6.07) is 0. The average molecular weight is 225 g/mol. The van der Waals surface area contributed by atoms with Gasteiger partial charge in [0.1, 0.15) is 0 Å². The summed E-state index contributed by atoms with van der Waals surface area (Å²) in [7, 11) is 0. The number of amides is 1. The molecule has 0 unspecified atom stereocenters. The van der Waals surface area contributed by atoms with Gasteiger partial charge in [0.25, 0.3) is 0 Å². The molecule has 0 aliphatic heterocycles. The minimum atomic E-state index is -0.309. The largest absolute Gasteiger partial charge is 0.348 e. The topological polar surface area (TPSA) is 68.0 Å². The molecule has 0 aliphatic carbocycles. The van der Waals surface area contributed by atoms with Gasteiger partial charge in [0, 0.05) is 12.0 Å². The van der Waals surface area contributed by atoms with Gasteiger partial charge in [-0.05, 0) is 5.92 Å². The number of carbonyl (C=O) groups excluding carboxylic acids is 1. The summed E-state index contributed by atoms with van der Waals surface area (Å²) in [5, 5.41) is 6.52. The van der Waals surface area contributed by atoms with E-state index in [1.54, 1.807) is 0 Å². The first-order valence-electron chi connectivity index (χ1n) is 5.43. The van der Waals surface area contributed by atoms with E-state index < -0.39 is 0 Å². The number of rotatable bonds is 3. The Morgan fingerprint density at radius 1 is 1.44 bits per heavy atom. The molecule has 0 spiro atoms. The zero-order valence-corrected chi connectivity index (χ0v) is 10.5. The minimum absolute atomic E-state index is 0.0329. The Kier molecular flexibility index (Phi) is 3.67. The van der Waals surface area contributed by atoms with Crippen molar-refractivity contribution in [1.82, 2.24) is 15.5 Å². The SMILES string of the molecule is CC(C)CNC(=O)c1nc(C(C)(C)C)no1. The summed E-state index contributed by atoms with van der Waals surface area (Å²) >= 11 is 0. The Morgan fingerprint density at radius 2 is 2.06 bits per heavy atom. The van der Waals surface area contributed by atoms with Gasteiger partial charge in [0.15, 0.2) is 5.82 Å². The van der Waals surface area contributed by atoms with Crippen molar-refractivity contribution >= 4 is 5.91 Å². The molecule has 0 aromatic carbocycles. The Balaban J connectivity index is 2.67. The lowest BCUT2D eigenvalue weighted by atomic mass is 9.96. The Hall–Kier alpha value is -1.39. The molecule has 1 rings (SSSR count). The van der Waals surface area contributed by atoms with Crippen LogP contribution < -0.4 is 5.32 Å². The molecule has 0 saturated heterocycles. The first-order chi connectivity index (χ1) is 7.30. The molecule has 5 nitrogen and oxygen atoms in total. The summed E-state index contributed by atoms with van der Waals surface area (Å²) in [5.41, 5.74) is -0.208. The molecule has 0 fully saturated rings. The first kappa shape index (κ1) is 12.7. The van der Waals surface area contributed by atoms with E-state index in [9.17, 15) is 4.79 Å². The number of hydrogen-bond acceptors (Lipinski definition) is 4. The summed E-state index contributed by atoms with van der Waals surface area (Å²) in [6.07, 6.45) is 0. The predicted molar refractivity (Wildman–Crippen MR) is 60.2 cm³/mol. The maximum absolute atomic E-state index is 11.6. The fourth-order valence-corrected chi connectivity index (χ4v) is 0.993. The van der Waals surface area contributed by atoms with E-state index in [4.69, 9.17) is 4.52 Å². The van der Waals surface area contributed by atoms with E-state index in [1.807, 2.05) is 34.6 Å². The van der Waals surface area contributed by atoms with Gasteiger partial charge >= 0.3 is 11.8 Å². The van der Waals surface area contributed by atoms with Crippen LogP contribution in [-0.2, 0) is 5.41 Å². The maximum Gasteiger partial charge on any atom is 0.315 e. The molecule has 1 aromatic heterocycles. The smallest absolute Gasteiger partial charge is 0.315 e. The fraction of sp³-hybridized carbons (Fsp3) is 0.727. The third kappa shape index (κ3) is 3.32. The van der Waals surface area contributed by atoms with Crippen molar-refractivity contribution in [2.45, 2.75) is 40.0 Å². The standard InChI is InChI=1S/C11H19N3O2/c1-7(2)6-12-8(15)9-13-10(14-16-9)11(3,4)5/h7H,6H2,1-5H3,(H,12,15). The van der Waals surface area contributed by atoms with Gasteiger partial charge in [-0.2, -0.15) is 4.98 Å². The number of aromatic nitrogens is 2. The molecular weight excluding hydrogens is 206 g/mol. The van der Waals surface area contributed by atoms with Gasteiger partial charge in [-0.1, -0.05) is 39.8 Å². The highest BCUT2D eigenvalue weighted by molar-refractivity contribution is 5.89. The molecule has 1 N–H and O–H groups in total. The Morgan fingerprint density at radius 3 is 2.50 bits per heavy atom. The quantitative estimate of drug-likeness (QED) is 0.851.